The summed E-state index contributed by atoms with van der Waals surface area (Å²) in [7, 11) is -1.41. The molecule has 0 saturated heterocycles. The van der Waals surface area contributed by atoms with E-state index in [1.807, 2.05) is 170 Å². The Morgan fingerprint density at radius 2 is 0.521 bits per heavy atom. The zero-order valence-corrected chi connectivity index (χ0v) is 54.0. The van der Waals surface area contributed by atoms with Crippen LogP contribution in [0.1, 0.15) is 49.9 Å². The van der Waals surface area contributed by atoms with E-state index in [-0.39, 0.29) is 10.8 Å². The normalized spacial score (nSPS) is 12.6. The van der Waals surface area contributed by atoms with Crippen LogP contribution in [0.2, 0.25) is 0 Å². The maximum atomic E-state index is 9.29. The second-order valence-electron chi connectivity index (χ2n) is 24.6. The van der Waals surface area contributed by atoms with E-state index in [0.29, 0.717) is 40.4 Å². The third-order valence-electron chi connectivity index (χ3n) is 17.8. The molecular weight excluding hydrogens is 1220 g/mol. The Labute approximate surface area is 557 Å². The Morgan fingerprint density at radius 3 is 0.904 bits per heavy atom. The third kappa shape index (κ3) is 12.4. The summed E-state index contributed by atoms with van der Waals surface area (Å²) < 4.78 is 1.05. The van der Waals surface area contributed by atoms with Crippen molar-refractivity contribution in [3.63, 3.8) is 0 Å². The number of hydrogen-bond acceptors (Lipinski definition) is 8. The lowest BCUT2D eigenvalue weighted by molar-refractivity contribution is 0.425. The van der Waals surface area contributed by atoms with Crippen molar-refractivity contribution in [3.8, 4) is 124 Å². The zero-order valence-electron chi connectivity index (χ0n) is 52.4. The molecule has 2 N–H and O–H groups in total. The molecule has 2 aliphatic rings. The van der Waals surface area contributed by atoms with Crippen molar-refractivity contribution in [1.82, 2.24) is 29.9 Å². The Hall–Kier alpha value is -10.9. The molecule has 452 valence electrons. The summed E-state index contributed by atoms with van der Waals surface area (Å²) in [5, 5.41) is 18.6. The van der Waals surface area contributed by atoms with Gasteiger partial charge in [0, 0.05) is 48.7 Å². The minimum absolute atomic E-state index is 0.00251. The molecule has 14 aromatic rings. The average molecular weight is 1280 g/mol. The second kappa shape index (κ2) is 26.0. The van der Waals surface area contributed by atoms with Crippen molar-refractivity contribution in [2.75, 3.05) is 0 Å². The summed E-state index contributed by atoms with van der Waals surface area (Å²) in [5.74, 6) is 3.96. The monoisotopic (exact) mass is 1280 g/mol. The van der Waals surface area contributed by atoms with Crippen LogP contribution in [0.3, 0.4) is 0 Å². The lowest BCUT2D eigenvalue weighted by Crippen LogP contribution is -2.30. The van der Waals surface area contributed by atoms with Crippen LogP contribution in [0.5, 0.6) is 0 Å². The first-order valence-electron chi connectivity index (χ1n) is 31.5. The summed E-state index contributed by atoms with van der Waals surface area (Å²) in [6.45, 7) is 9.05. The smallest absolute Gasteiger partial charge is 0.423 e. The van der Waals surface area contributed by atoms with E-state index in [0.717, 1.165) is 65.7 Å². The lowest BCUT2D eigenvalue weighted by Gasteiger charge is -2.21. The number of rotatable bonds is 10. The predicted molar refractivity (Wildman–Crippen MR) is 388 cm³/mol. The molecule has 0 bridgehead atoms. The van der Waals surface area contributed by atoms with Crippen LogP contribution in [-0.4, -0.2) is 47.1 Å². The average Bonchev–Trinajstić information content (AvgIpc) is 1.59. The van der Waals surface area contributed by atoms with Crippen molar-refractivity contribution in [2.45, 2.75) is 38.5 Å². The largest absolute Gasteiger partial charge is 0.488 e. The molecule has 0 fully saturated rings. The van der Waals surface area contributed by atoms with E-state index in [4.69, 9.17) is 29.9 Å². The van der Waals surface area contributed by atoms with Crippen LogP contribution in [0, 0.1) is 0 Å². The fraction of sp³-hybridized carbons (Fsp3) is 0.0714. The van der Waals surface area contributed by atoms with Gasteiger partial charge in [0.15, 0.2) is 34.9 Å². The minimum Gasteiger partial charge on any atom is -0.423 e. The van der Waals surface area contributed by atoms with Gasteiger partial charge in [0.1, 0.15) is 0 Å². The summed E-state index contributed by atoms with van der Waals surface area (Å²) in [6.07, 6.45) is 0. The van der Waals surface area contributed by atoms with Crippen LogP contribution < -0.4 is 5.46 Å². The number of nitrogens with zero attached hydrogens (tertiary/aromatic N) is 6. The topological polar surface area (TPSA) is 118 Å². The van der Waals surface area contributed by atoms with Crippen LogP contribution in [0.25, 0.3) is 124 Å². The molecule has 0 saturated carbocycles. The van der Waals surface area contributed by atoms with Gasteiger partial charge in [-0.1, -0.05) is 311 Å². The van der Waals surface area contributed by atoms with Gasteiger partial charge in [-0.2, -0.15) is 0 Å². The summed E-state index contributed by atoms with van der Waals surface area (Å²) in [5.41, 5.74) is 23.5. The van der Waals surface area contributed by atoms with Gasteiger partial charge < -0.3 is 10.0 Å². The van der Waals surface area contributed by atoms with Crippen molar-refractivity contribution in [3.05, 3.63) is 330 Å². The van der Waals surface area contributed by atoms with Gasteiger partial charge in [-0.25, -0.2) is 29.9 Å². The quantitative estimate of drug-likeness (QED) is 0.130. The standard InChI is InChI=1S/C42H31N3.C27H18BrN3.C15H15BO2/c1-42(2)37-22-10-9-21-35(37)36-27-33(23-24-38(36)42)31-18-11-17-30(25-31)32-19-12-20-34(26-32)41-44-39(28-13-5-3-6-14-28)43-40(45-41)29-15-7-4-8-16-29;28-24-16-8-14-22(18-24)21-13-7-15-23(17-21)27-30-25(19-9-3-1-4-10-19)29-26(31-27)20-11-5-2-6-12-20;1-15(2)13-6-4-3-5-11(13)12-9-10(16(17)18)7-8-14(12)15/h3-27H,1-2H3;1-18H;3-9,17-18H,1-2H3. The Morgan fingerprint density at radius 1 is 0.245 bits per heavy atom. The zero-order chi connectivity index (χ0) is 64.3. The van der Waals surface area contributed by atoms with E-state index >= 15 is 0 Å². The molecule has 0 aliphatic heterocycles. The van der Waals surface area contributed by atoms with Gasteiger partial charge in [0.2, 0.25) is 0 Å². The highest BCUT2D eigenvalue weighted by Gasteiger charge is 2.37. The Kier molecular flexibility index (Phi) is 16.8. The first-order valence-corrected chi connectivity index (χ1v) is 32.3. The molecule has 10 heteroatoms. The van der Waals surface area contributed by atoms with Crippen molar-refractivity contribution in [2.24, 2.45) is 0 Å². The summed E-state index contributed by atoms with van der Waals surface area (Å²) >= 11 is 3.56. The Bertz CT molecular complexity index is 4970. The molecule has 12 aromatic carbocycles. The SMILES string of the molecule is Brc1cccc(-c2cccc(-c3nc(-c4ccccc4)nc(-c4ccccc4)n3)c2)c1.CC1(C)c2ccccc2-c2cc(-c3cccc(-c4cccc(-c5nc(-c6ccccc6)nc(-c6ccccc6)n5)c4)c3)ccc21.CC1(C)c2ccccc2-c2cc(B(O)O)ccc21. The molecule has 0 amide bonds. The summed E-state index contributed by atoms with van der Waals surface area (Å²) in [6, 6.07) is 104. The number of halogens is 1. The van der Waals surface area contributed by atoms with Gasteiger partial charge >= 0.3 is 7.12 Å². The molecule has 2 aliphatic carbocycles. The third-order valence-corrected chi connectivity index (χ3v) is 18.3. The maximum Gasteiger partial charge on any atom is 0.488 e. The van der Waals surface area contributed by atoms with E-state index < -0.39 is 7.12 Å². The minimum atomic E-state index is -1.41. The first-order chi connectivity index (χ1) is 45.8. The van der Waals surface area contributed by atoms with Crippen LogP contribution in [0.15, 0.2) is 308 Å². The summed E-state index contributed by atoms with van der Waals surface area (Å²) in [4.78, 5) is 29.1. The highest BCUT2D eigenvalue weighted by atomic mass is 79.9. The van der Waals surface area contributed by atoms with Gasteiger partial charge in [-0.3, -0.25) is 0 Å². The number of benzene rings is 12. The second-order valence-corrected chi connectivity index (χ2v) is 25.5. The van der Waals surface area contributed by atoms with Gasteiger partial charge in [-0.05, 0) is 120 Å². The molecule has 0 atom stereocenters. The molecule has 94 heavy (non-hydrogen) atoms. The van der Waals surface area contributed by atoms with Crippen LogP contribution in [-0.2, 0) is 10.8 Å². The van der Waals surface area contributed by atoms with Gasteiger partial charge in [-0.15, -0.1) is 0 Å². The molecule has 8 nitrogen and oxygen atoms in total. The first kappa shape index (κ1) is 60.7. The molecule has 16 rings (SSSR count). The van der Waals surface area contributed by atoms with Crippen LogP contribution in [0.4, 0.5) is 0 Å². The molecular formula is C84H64BBrN6O2. The highest BCUT2D eigenvalue weighted by molar-refractivity contribution is 9.10. The Balaban J connectivity index is 0.000000134. The predicted octanol–water partition coefficient (Wildman–Crippen LogP) is 19.5. The molecule has 2 heterocycles. The van der Waals surface area contributed by atoms with E-state index in [2.05, 4.69) is 171 Å². The van der Waals surface area contributed by atoms with Crippen molar-refractivity contribution in [1.29, 1.82) is 0 Å². The van der Waals surface area contributed by atoms with Crippen molar-refractivity contribution < 1.29 is 10.0 Å². The van der Waals surface area contributed by atoms with E-state index in [1.54, 1.807) is 6.07 Å². The van der Waals surface area contributed by atoms with Gasteiger partial charge in [0.05, 0.1) is 0 Å². The molecule has 0 unspecified atom stereocenters. The van der Waals surface area contributed by atoms with Gasteiger partial charge in [0.25, 0.3) is 0 Å². The lowest BCUT2D eigenvalue weighted by atomic mass is 9.77. The molecule has 0 radical (unpaired) electrons. The fourth-order valence-electron chi connectivity index (χ4n) is 12.9. The van der Waals surface area contributed by atoms with Crippen molar-refractivity contribution >= 4 is 28.5 Å². The number of fused-ring (bicyclic) bond motifs is 6. The highest BCUT2D eigenvalue weighted by Crippen LogP contribution is 2.50. The van der Waals surface area contributed by atoms with E-state index in [1.165, 1.54) is 50.1 Å². The van der Waals surface area contributed by atoms with E-state index in [9.17, 15) is 10.0 Å². The van der Waals surface area contributed by atoms with Crippen LogP contribution >= 0.6 is 15.9 Å². The number of aromatic nitrogens is 6. The molecule has 0 spiro atoms. The molecule has 2 aromatic heterocycles. The number of hydrogen-bond donors (Lipinski definition) is 2. The fourth-order valence-corrected chi connectivity index (χ4v) is 13.3. The maximum absolute atomic E-state index is 9.29.